The molecular formula is C20H20N4O2S. The molecule has 3 aromatic rings. The van der Waals surface area contributed by atoms with Gasteiger partial charge in [-0.2, -0.15) is 0 Å². The van der Waals surface area contributed by atoms with Crippen LogP contribution < -0.4 is 5.56 Å². The number of hydrogen-bond acceptors (Lipinski definition) is 5. The fourth-order valence-corrected chi connectivity index (χ4v) is 4.09. The SMILES string of the molecule is Cc1ccc(-n2c(SCC(=O)N3CCCC3)nc3ccccc3c2=O)nc1. The first-order chi connectivity index (χ1) is 13.1. The molecule has 0 saturated carbocycles. The summed E-state index contributed by atoms with van der Waals surface area (Å²) in [6, 6.07) is 11.0. The summed E-state index contributed by atoms with van der Waals surface area (Å²) in [6.07, 6.45) is 3.84. The van der Waals surface area contributed by atoms with Crippen LogP contribution in [0.15, 0.2) is 52.5 Å². The molecule has 4 rings (SSSR count). The second-order valence-corrected chi connectivity index (χ2v) is 7.56. The van der Waals surface area contributed by atoms with E-state index in [1.807, 2.05) is 36.1 Å². The smallest absolute Gasteiger partial charge is 0.267 e. The van der Waals surface area contributed by atoms with Crippen LogP contribution >= 0.6 is 11.8 Å². The Labute approximate surface area is 161 Å². The summed E-state index contributed by atoms with van der Waals surface area (Å²) < 4.78 is 1.50. The molecule has 0 aliphatic carbocycles. The van der Waals surface area contributed by atoms with Crippen molar-refractivity contribution in [2.45, 2.75) is 24.9 Å². The molecule has 1 amide bonds. The number of hydrogen-bond donors (Lipinski definition) is 0. The van der Waals surface area contributed by atoms with Crippen LogP contribution in [-0.4, -0.2) is 44.2 Å². The van der Waals surface area contributed by atoms with Crippen LogP contribution in [0, 0.1) is 6.92 Å². The summed E-state index contributed by atoms with van der Waals surface area (Å²) in [7, 11) is 0. The molecule has 1 fully saturated rings. The number of likely N-dealkylation sites (tertiary alicyclic amines) is 1. The standard InChI is InChI=1S/C20H20N4O2S/c1-14-8-9-17(21-12-14)24-19(26)15-6-2-3-7-16(15)22-20(24)27-13-18(25)23-10-4-5-11-23/h2-3,6-9,12H,4-5,10-11,13H2,1H3. The highest BCUT2D eigenvalue weighted by atomic mass is 32.2. The molecule has 0 atom stereocenters. The zero-order valence-electron chi connectivity index (χ0n) is 15.1. The van der Waals surface area contributed by atoms with E-state index in [-0.39, 0.29) is 17.2 Å². The summed E-state index contributed by atoms with van der Waals surface area (Å²) >= 11 is 1.29. The molecule has 2 aromatic heterocycles. The molecule has 3 heterocycles. The van der Waals surface area contributed by atoms with Crippen LogP contribution in [0.4, 0.5) is 0 Å². The van der Waals surface area contributed by atoms with E-state index in [4.69, 9.17) is 0 Å². The Bertz CT molecular complexity index is 1040. The van der Waals surface area contributed by atoms with Gasteiger partial charge < -0.3 is 4.90 Å². The Morgan fingerprint density at radius 3 is 2.67 bits per heavy atom. The van der Waals surface area contributed by atoms with Gasteiger partial charge in [0.25, 0.3) is 5.56 Å². The number of benzene rings is 1. The van der Waals surface area contributed by atoms with E-state index in [1.54, 1.807) is 18.3 Å². The summed E-state index contributed by atoms with van der Waals surface area (Å²) in [5.41, 5.74) is 1.47. The topological polar surface area (TPSA) is 68.1 Å². The van der Waals surface area contributed by atoms with Gasteiger partial charge in [0.05, 0.1) is 16.7 Å². The molecule has 138 valence electrons. The van der Waals surface area contributed by atoms with E-state index in [2.05, 4.69) is 9.97 Å². The van der Waals surface area contributed by atoms with E-state index in [0.717, 1.165) is 31.5 Å². The Morgan fingerprint density at radius 1 is 1.15 bits per heavy atom. The molecule has 0 radical (unpaired) electrons. The maximum absolute atomic E-state index is 13.1. The molecule has 0 N–H and O–H groups in total. The lowest BCUT2D eigenvalue weighted by Gasteiger charge is -2.16. The van der Waals surface area contributed by atoms with E-state index >= 15 is 0 Å². The van der Waals surface area contributed by atoms with E-state index in [9.17, 15) is 9.59 Å². The van der Waals surface area contributed by atoms with Gasteiger partial charge in [-0.05, 0) is 43.5 Å². The summed E-state index contributed by atoms with van der Waals surface area (Å²) in [6.45, 7) is 3.58. The van der Waals surface area contributed by atoms with Gasteiger partial charge in [-0.15, -0.1) is 0 Å². The summed E-state index contributed by atoms with van der Waals surface area (Å²) in [5.74, 6) is 0.861. The first-order valence-corrected chi connectivity index (χ1v) is 9.97. The normalized spacial score (nSPS) is 14.0. The minimum absolute atomic E-state index is 0.0864. The zero-order valence-corrected chi connectivity index (χ0v) is 15.9. The van der Waals surface area contributed by atoms with E-state index in [0.29, 0.717) is 21.9 Å². The quantitative estimate of drug-likeness (QED) is 0.514. The Balaban J connectivity index is 1.75. The van der Waals surface area contributed by atoms with Gasteiger partial charge in [0, 0.05) is 19.3 Å². The Kier molecular flexibility index (Phi) is 4.94. The Hall–Kier alpha value is -2.67. The minimum Gasteiger partial charge on any atom is -0.342 e. The number of para-hydroxylation sites is 1. The number of carbonyl (C=O) groups is 1. The second kappa shape index (κ2) is 7.52. The van der Waals surface area contributed by atoms with Crippen molar-refractivity contribution in [1.82, 2.24) is 19.4 Å². The van der Waals surface area contributed by atoms with Crippen LogP contribution in [0.2, 0.25) is 0 Å². The van der Waals surface area contributed by atoms with Crippen molar-refractivity contribution in [3.63, 3.8) is 0 Å². The first kappa shape index (κ1) is 17.7. The van der Waals surface area contributed by atoms with Gasteiger partial charge >= 0.3 is 0 Å². The third-order valence-corrected chi connectivity index (χ3v) is 5.58. The third kappa shape index (κ3) is 3.60. The number of thioether (sulfide) groups is 1. The molecule has 7 heteroatoms. The van der Waals surface area contributed by atoms with Crippen molar-refractivity contribution in [2.24, 2.45) is 0 Å². The van der Waals surface area contributed by atoms with Crippen molar-refractivity contribution in [1.29, 1.82) is 0 Å². The van der Waals surface area contributed by atoms with Gasteiger partial charge in [0.15, 0.2) is 5.16 Å². The van der Waals surface area contributed by atoms with Crippen molar-refractivity contribution in [3.8, 4) is 5.82 Å². The maximum atomic E-state index is 13.1. The van der Waals surface area contributed by atoms with Crippen molar-refractivity contribution in [3.05, 3.63) is 58.5 Å². The number of rotatable bonds is 4. The number of nitrogens with zero attached hydrogens (tertiary/aromatic N) is 4. The molecule has 1 aliphatic rings. The van der Waals surface area contributed by atoms with Crippen LogP contribution in [0.25, 0.3) is 16.7 Å². The van der Waals surface area contributed by atoms with Gasteiger partial charge in [0.1, 0.15) is 5.82 Å². The largest absolute Gasteiger partial charge is 0.342 e. The predicted octanol–water partition coefficient (Wildman–Crippen LogP) is 2.80. The molecule has 27 heavy (non-hydrogen) atoms. The zero-order chi connectivity index (χ0) is 18.8. The van der Waals surface area contributed by atoms with Crippen LogP contribution in [-0.2, 0) is 4.79 Å². The highest BCUT2D eigenvalue weighted by Gasteiger charge is 2.20. The molecule has 6 nitrogen and oxygen atoms in total. The summed E-state index contributed by atoms with van der Waals surface area (Å²) in [4.78, 5) is 36.5. The fourth-order valence-electron chi connectivity index (χ4n) is 3.19. The second-order valence-electron chi connectivity index (χ2n) is 6.62. The lowest BCUT2D eigenvalue weighted by Crippen LogP contribution is -2.30. The fraction of sp³-hybridized carbons (Fsp3) is 0.300. The van der Waals surface area contributed by atoms with Gasteiger partial charge in [-0.3, -0.25) is 9.59 Å². The molecule has 1 aromatic carbocycles. The number of carbonyl (C=O) groups excluding carboxylic acids is 1. The van der Waals surface area contributed by atoms with Gasteiger partial charge in [0.2, 0.25) is 5.91 Å². The monoisotopic (exact) mass is 380 g/mol. The summed E-state index contributed by atoms with van der Waals surface area (Å²) in [5, 5.41) is 1.03. The number of aromatic nitrogens is 3. The maximum Gasteiger partial charge on any atom is 0.267 e. The minimum atomic E-state index is -0.173. The predicted molar refractivity (Wildman–Crippen MR) is 106 cm³/mol. The highest BCUT2D eigenvalue weighted by Crippen LogP contribution is 2.22. The number of amides is 1. The number of pyridine rings is 1. The molecule has 0 unspecified atom stereocenters. The lowest BCUT2D eigenvalue weighted by molar-refractivity contribution is -0.127. The molecule has 1 aliphatic heterocycles. The van der Waals surface area contributed by atoms with Crippen molar-refractivity contribution in [2.75, 3.05) is 18.8 Å². The van der Waals surface area contributed by atoms with Crippen LogP contribution in [0.3, 0.4) is 0 Å². The van der Waals surface area contributed by atoms with Gasteiger partial charge in [-0.25, -0.2) is 14.5 Å². The van der Waals surface area contributed by atoms with E-state index in [1.165, 1.54) is 16.3 Å². The third-order valence-electron chi connectivity index (χ3n) is 4.65. The highest BCUT2D eigenvalue weighted by molar-refractivity contribution is 7.99. The average Bonchev–Trinajstić information content (AvgIpc) is 3.22. The average molecular weight is 380 g/mol. The van der Waals surface area contributed by atoms with E-state index < -0.39 is 0 Å². The lowest BCUT2D eigenvalue weighted by atomic mass is 10.2. The van der Waals surface area contributed by atoms with Crippen molar-refractivity contribution >= 4 is 28.6 Å². The van der Waals surface area contributed by atoms with Crippen molar-refractivity contribution < 1.29 is 4.79 Å². The van der Waals surface area contributed by atoms with Crippen LogP contribution in [0.5, 0.6) is 0 Å². The molecule has 1 saturated heterocycles. The number of aryl methyl sites for hydroxylation is 1. The Morgan fingerprint density at radius 2 is 1.93 bits per heavy atom. The first-order valence-electron chi connectivity index (χ1n) is 8.99. The van der Waals surface area contributed by atoms with Crippen LogP contribution in [0.1, 0.15) is 18.4 Å². The molecule has 0 bridgehead atoms. The number of fused-ring (bicyclic) bond motifs is 1. The molecular weight excluding hydrogens is 360 g/mol. The molecule has 0 spiro atoms. The van der Waals surface area contributed by atoms with Gasteiger partial charge in [-0.1, -0.05) is 30.0 Å².